The second-order valence-electron chi connectivity index (χ2n) is 8.56. The summed E-state index contributed by atoms with van der Waals surface area (Å²) in [4.78, 5) is 52.0. The van der Waals surface area contributed by atoms with Crippen LogP contribution in [0.4, 0.5) is 11.8 Å². The highest BCUT2D eigenvalue weighted by molar-refractivity contribution is 6.35. The normalized spacial score (nSPS) is 16.7. The molecule has 10 nitrogen and oxygen atoms in total. The van der Waals surface area contributed by atoms with Crippen molar-refractivity contribution in [3.05, 3.63) is 77.6 Å². The van der Waals surface area contributed by atoms with E-state index in [0.717, 1.165) is 10.1 Å². The number of halogens is 3. The van der Waals surface area contributed by atoms with Crippen molar-refractivity contribution in [2.75, 3.05) is 29.9 Å². The summed E-state index contributed by atoms with van der Waals surface area (Å²) < 4.78 is 0.877. The number of anilines is 2. The van der Waals surface area contributed by atoms with E-state index in [1.54, 1.807) is 17.0 Å². The van der Waals surface area contributed by atoms with Gasteiger partial charge >= 0.3 is 5.69 Å². The maximum absolute atomic E-state index is 13.0. The fourth-order valence-corrected chi connectivity index (χ4v) is 4.78. The summed E-state index contributed by atoms with van der Waals surface area (Å²) >= 11 is 18.7. The van der Waals surface area contributed by atoms with E-state index in [2.05, 4.69) is 20.3 Å². The first-order valence-corrected chi connectivity index (χ1v) is 12.3. The maximum atomic E-state index is 13.0. The average Bonchev–Trinajstić information content (AvgIpc) is 2.83. The molecule has 3 aromatic rings. The number of aromatic nitrogens is 4. The van der Waals surface area contributed by atoms with Gasteiger partial charge in [-0.25, -0.2) is 9.78 Å². The molecule has 1 aliphatic heterocycles. The predicted molar refractivity (Wildman–Crippen MR) is 141 cm³/mol. The number of hydrogen-bond acceptors (Lipinski definition) is 7. The van der Waals surface area contributed by atoms with Gasteiger partial charge in [0.05, 0.1) is 12.2 Å². The number of benzene rings is 1. The Bertz CT molecular complexity index is 1420. The van der Waals surface area contributed by atoms with Crippen molar-refractivity contribution in [3.8, 4) is 0 Å². The highest BCUT2D eigenvalue weighted by atomic mass is 35.5. The summed E-state index contributed by atoms with van der Waals surface area (Å²) in [5, 5.41) is 4.70. The monoisotopic (exact) mass is 551 g/mol. The molecule has 0 spiro atoms. The lowest BCUT2D eigenvalue weighted by molar-refractivity contribution is 0.0670. The van der Waals surface area contributed by atoms with Gasteiger partial charge in [0.2, 0.25) is 5.95 Å². The predicted octanol–water partition coefficient (Wildman–Crippen LogP) is 3.35. The van der Waals surface area contributed by atoms with Gasteiger partial charge in [0.15, 0.2) is 5.82 Å². The van der Waals surface area contributed by atoms with Crippen LogP contribution < -0.4 is 21.5 Å². The van der Waals surface area contributed by atoms with Crippen molar-refractivity contribution < 1.29 is 4.79 Å². The van der Waals surface area contributed by atoms with E-state index in [9.17, 15) is 14.4 Å². The number of nitrogens with one attached hydrogen (secondary N) is 2. The molecule has 0 aliphatic carbocycles. The van der Waals surface area contributed by atoms with Crippen LogP contribution in [0, 0.1) is 0 Å². The maximum Gasteiger partial charge on any atom is 0.328 e. The van der Waals surface area contributed by atoms with Gasteiger partial charge in [-0.15, -0.1) is 0 Å². The second kappa shape index (κ2) is 10.5. The SMILES string of the molecule is C[C@@H]1CN(c2ncc(Cl)c(N[C@H](C)c3ccc(Cl)cc3Cl)n2)CCN1C(=O)c1c[nH]c(=O)n(C)c1=O. The molecule has 3 heterocycles. The van der Waals surface area contributed by atoms with Gasteiger partial charge in [-0.1, -0.05) is 40.9 Å². The quantitative estimate of drug-likeness (QED) is 0.499. The van der Waals surface area contributed by atoms with Crippen molar-refractivity contribution in [1.29, 1.82) is 0 Å². The second-order valence-corrected chi connectivity index (χ2v) is 9.81. The largest absolute Gasteiger partial charge is 0.362 e. The van der Waals surface area contributed by atoms with Gasteiger partial charge < -0.3 is 20.1 Å². The van der Waals surface area contributed by atoms with E-state index in [1.807, 2.05) is 24.8 Å². The van der Waals surface area contributed by atoms with Crippen LogP contribution in [-0.4, -0.2) is 56.0 Å². The molecule has 2 N–H and O–H groups in total. The minimum atomic E-state index is -0.634. The molecule has 2 aromatic heterocycles. The molecule has 190 valence electrons. The van der Waals surface area contributed by atoms with Gasteiger partial charge in [0.25, 0.3) is 11.5 Å². The van der Waals surface area contributed by atoms with E-state index < -0.39 is 17.2 Å². The minimum Gasteiger partial charge on any atom is -0.362 e. The average molecular weight is 553 g/mol. The smallest absolute Gasteiger partial charge is 0.328 e. The molecule has 13 heteroatoms. The molecule has 2 atom stereocenters. The molecule has 36 heavy (non-hydrogen) atoms. The molecule has 1 amide bonds. The zero-order chi connectivity index (χ0) is 26.1. The number of piperazine rings is 1. The molecule has 0 bridgehead atoms. The van der Waals surface area contributed by atoms with Crippen molar-refractivity contribution in [1.82, 2.24) is 24.4 Å². The fraction of sp³-hybridized carbons (Fsp3) is 0.348. The molecule has 0 saturated carbocycles. The van der Waals surface area contributed by atoms with E-state index in [-0.39, 0.29) is 17.6 Å². The van der Waals surface area contributed by atoms with Crippen LogP contribution >= 0.6 is 34.8 Å². The number of carbonyl (C=O) groups is 1. The molecule has 4 rings (SSSR count). The summed E-state index contributed by atoms with van der Waals surface area (Å²) in [6.07, 6.45) is 2.69. The molecule has 1 saturated heterocycles. The number of carbonyl (C=O) groups excluding carboxylic acids is 1. The Kier molecular flexibility index (Phi) is 7.58. The number of rotatable bonds is 5. The Labute approximate surface area is 221 Å². The standard InChI is InChI=1S/C23H24Cl3N7O3/c1-12-11-32(6-7-33(12)21(35)16-9-28-23(36)31(3)20(16)34)22-27-10-18(26)19(30-22)29-13(2)15-5-4-14(24)8-17(15)25/h4-5,8-10,12-13H,6-7,11H2,1-3H3,(H,28,36)(H,27,29,30)/t12-,13-/m1/s1. The highest BCUT2D eigenvalue weighted by Gasteiger charge is 2.31. The Balaban J connectivity index is 1.49. The number of hydrogen-bond donors (Lipinski definition) is 2. The summed E-state index contributed by atoms with van der Waals surface area (Å²) in [7, 11) is 1.32. The third-order valence-electron chi connectivity index (χ3n) is 6.09. The lowest BCUT2D eigenvalue weighted by Crippen LogP contribution is -2.55. The van der Waals surface area contributed by atoms with E-state index in [4.69, 9.17) is 34.8 Å². The van der Waals surface area contributed by atoms with Gasteiger partial charge in [-0.3, -0.25) is 14.2 Å². The van der Waals surface area contributed by atoms with Gasteiger partial charge in [0.1, 0.15) is 10.6 Å². The van der Waals surface area contributed by atoms with Crippen molar-refractivity contribution in [3.63, 3.8) is 0 Å². The molecule has 1 aliphatic rings. The first-order valence-electron chi connectivity index (χ1n) is 11.2. The summed E-state index contributed by atoms with van der Waals surface area (Å²) in [5.74, 6) is 0.463. The van der Waals surface area contributed by atoms with Crippen LogP contribution in [0.1, 0.15) is 35.8 Å². The van der Waals surface area contributed by atoms with Crippen LogP contribution in [0.3, 0.4) is 0 Å². The van der Waals surface area contributed by atoms with Crippen LogP contribution in [0.5, 0.6) is 0 Å². The zero-order valence-corrected chi connectivity index (χ0v) is 22.0. The first kappa shape index (κ1) is 26.0. The molecule has 0 radical (unpaired) electrons. The number of amides is 1. The summed E-state index contributed by atoms with van der Waals surface area (Å²) in [6.45, 7) is 5.03. The Morgan fingerprint density at radius 2 is 1.94 bits per heavy atom. The third-order valence-corrected chi connectivity index (χ3v) is 6.93. The first-order chi connectivity index (χ1) is 17.1. The highest BCUT2D eigenvalue weighted by Crippen LogP contribution is 2.31. The number of nitrogens with zero attached hydrogens (tertiary/aromatic N) is 5. The Morgan fingerprint density at radius 3 is 2.64 bits per heavy atom. The van der Waals surface area contributed by atoms with Crippen LogP contribution in [0.15, 0.2) is 40.2 Å². The molecule has 1 fully saturated rings. The number of H-pyrrole nitrogens is 1. The van der Waals surface area contributed by atoms with Gasteiger partial charge in [-0.2, -0.15) is 4.98 Å². The summed E-state index contributed by atoms with van der Waals surface area (Å²) in [6, 6.07) is 4.83. The van der Waals surface area contributed by atoms with Crippen LogP contribution in [0.2, 0.25) is 15.1 Å². The third kappa shape index (κ3) is 5.21. The molecule has 1 aromatic carbocycles. The lowest BCUT2D eigenvalue weighted by Gasteiger charge is -2.39. The molecular formula is C23H24Cl3N7O3. The van der Waals surface area contributed by atoms with Crippen molar-refractivity contribution >= 4 is 52.5 Å². The van der Waals surface area contributed by atoms with E-state index in [0.29, 0.717) is 46.5 Å². The summed E-state index contributed by atoms with van der Waals surface area (Å²) in [5.41, 5.74) is -0.454. The zero-order valence-electron chi connectivity index (χ0n) is 19.8. The minimum absolute atomic E-state index is 0.0820. The van der Waals surface area contributed by atoms with E-state index >= 15 is 0 Å². The Hall–Kier alpha value is -3.08. The Morgan fingerprint density at radius 1 is 1.19 bits per heavy atom. The van der Waals surface area contributed by atoms with Gasteiger partial charge in [-0.05, 0) is 31.5 Å². The number of aromatic amines is 1. The lowest BCUT2D eigenvalue weighted by atomic mass is 10.1. The molecular weight excluding hydrogens is 529 g/mol. The van der Waals surface area contributed by atoms with Gasteiger partial charge in [0, 0.05) is 49.0 Å². The van der Waals surface area contributed by atoms with Crippen LogP contribution in [0.25, 0.3) is 0 Å². The van der Waals surface area contributed by atoms with Crippen LogP contribution in [-0.2, 0) is 7.05 Å². The van der Waals surface area contributed by atoms with Crippen molar-refractivity contribution in [2.45, 2.75) is 25.9 Å². The molecule has 0 unspecified atom stereocenters. The topological polar surface area (TPSA) is 116 Å². The van der Waals surface area contributed by atoms with Crippen molar-refractivity contribution in [2.24, 2.45) is 7.05 Å². The van der Waals surface area contributed by atoms with E-state index in [1.165, 1.54) is 19.4 Å². The fourth-order valence-electron chi connectivity index (χ4n) is 4.06.